The van der Waals surface area contributed by atoms with Crippen LogP contribution in [0.2, 0.25) is 0 Å². The predicted octanol–water partition coefficient (Wildman–Crippen LogP) is 3.91. The molecular formula is C21H26O5. The molecule has 1 fully saturated rings. The minimum atomic E-state index is -0.623. The van der Waals surface area contributed by atoms with Crippen LogP contribution in [-0.2, 0) is 16.0 Å². The average molecular weight is 358 g/mol. The molecule has 5 nitrogen and oxygen atoms in total. The van der Waals surface area contributed by atoms with Gasteiger partial charge < -0.3 is 14.9 Å². The summed E-state index contributed by atoms with van der Waals surface area (Å²) in [5.74, 6) is -0.112. The number of carbonyl (C=O) groups is 2. The highest BCUT2D eigenvalue weighted by Crippen LogP contribution is 2.46. The molecule has 0 unspecified atom stereocenters. The first-order chi connectivity index (χ1) is 12.5. The van der Waals surface area contributed by atoms with Crippen molar-refractivity contribution < 1.29 is 24.5 Å². The summed E-state index contributed by atoms with van der Waals surface area (Å²) >= 11 is 0. The standard InChI is InChI=1S/C21H26O5/c1-2-5-18-11-14-8-13(14)6-3-4-7-16(22)9-15-10-17(23)12-19(24)20(15)21(25)26-18/h4,7,10,12-14,18,23-24H,2-3,5-6,8-9,11H2,1H3/b7-4+/t13-,14+,18-/m1/s1. The highest BCUT2D eigenvalue weighted by Gasteiger charge is 2.38. The zero-order chi connectivity index (χ0) is 18.7. The predicted molar refractivity (Wildman–Crippen MR) is 97.2 cm³/mol. The fraction of sp³-hybridized carbons (Fsp3) is 0.524. The van der Waals surface area contributed by atoms with E-state index in [4.69, 9.17) is 4.74 Å². The van der Waals surface area contributed by atoms with E-state index in [-0.39, 0.29) is 35.4 Å². The number of carbonyl (C=O) groups excluding carboxylic acids is 2. The van der Waals surface area contributed by atoms with Gasteiger partial charge in [0.2, 0.25) is 0 Å². The van der Waals surface area contributed by atoms with Gasteiger partial charge in [-0.1, -0.05) is 19.4 Å². The number of hydrogen-bond donors (Lipinski definition) is 2. The maximum atomic E-state index is 12.7. The van der Waals surface area contributed by atoms with Gasteiger partial charge >= 0.3 is 5.97 Å². The molecule has 5 heteroatoms. The van der Waals surface area contributed by atoms with Crippen LogP contribution in [0, 0.1) is 11.8 Å². The molecule has 2 aliphatic rings. The quantitative estimate of drug-likeness (QED) is 0.783. The van der Waals surface area contributed by atoms with Crippen molar-refractivity contribution in [2.24, 2.45) is 11.8 Å². The Hall–Kier alpha value is -2.30. The van der Waals surface area contributed by atoms with Gasteiger partial charge in [-0.3, -0.25) is 4.79 Å². The van der Waals surface area contributed by atoms with Gasteiger partial charge in [0.1, 0.15) is 23.2 Å². The minimum Gasteiger partial charge on any atom is -0.508 e. The van der Waals surface area contributed by atoms with E-state index >= 15 is 0 Å². The fourth-order valence-corrected chi connectivity index (χ4v) is 3.86. The summed E-state index contributed by atoms with van der Waals surface area (Å²) in [5.41, 5.74) is 0.272. The van der Waals surface area contributed by atoms with E-state index in [1.54, 1.807) is 0 Å². The Balaban J connectivity index is 1.92. The Bertz CT molecular complexity index is 721. The first-order valence-corrected chi connectivity index (χ1v) is 9.43. The highest BCUT2D eigenvalue weighted by atomic mass is 16.5. The summed E-state index contributed by atoms with van der Waals surface area (Å²) < 4.78 is 5.71. The molecule has 140 valence electrons. The van der Waals surface area contributed by atoms with E-state index in [0.29, 0.717) is 17.4 Å². The summed E-state index contributed by atoms with van der Waals surface area (Å²) in [4.78, 5) is 24.9. The van der Waals surface area contributed by atoms with Crippen LogP contribution >= 0.6 is 0 Å². The SMILES string of the molecule is CCC[C@@H]1C[C@@H]2C[C@H]2CC/C=C/C(=O)Cc2cc(O)cc(O)c2C(=O)O1. The Morgan fingerprint density at radius 2 is 1.96 bits per heavy atom. The molecule has 0 aromatic heterocycles. The molecule has 1 aromatic rings. The van der Waals surface area contributed by atoms with Gasteiger partial charge in [0, 0.05) is 12.5 Å². The maximum Gasteiger partial charge on any atom is 0.342 e. The number of fused-ring (bicyclic) bond motifs is 2. The number of aromatic hydroxyl groups is 2. The van der Waals surface area contributed by atoms with E-state index in [2.05, 4.69) is 6.92 Å². The molecule has 1 aliphatic heterocycles. The average Bonchev–Trinajstić information content (AvgIpc) is 3.28. The Morgan fingerprint density at radius 3 is 2.73 bits per heavy atom. The second kappa shape index (κ2) is 7.94. The monoisotopic (exact) mass is 358 g/mol. The van der Waals surface area contributed by atoms with Crippen molar-refractivity contribution in [3.05, 3.63) is 35.4 Å². The summed E-state index contributed by atoms with van der Waals surface area (Å²) in [6.45, 7) is 2.05. The molecule has 0 saturated heterocycles. The first kappa shape index (κ1) is 18.5. The lowest BCUT2D eigenvalue weighted by Crippen LogP contribution is -2.21. The van der Waals surface area contributed by atoms with E-state index in [9.17, 15) is 19.8 Å². The van der Waals surface area contributed by atoms with Crippen molar-refractivity contribution in [2.45, 2.75) is 58.0 Å². The maximum absolute atomic E-state index is 12.7. The number of phenolic OH excluding ortho intramolecular Hbond substituents is 2. The normalized spacial score (nSPS) is 27.7. The Labute approximate surface area is 153 Å². The van der Waals surface area contributed by atoms with Crippen molar-refractivity contribution in [3.8, 4) is 11.5 Å². The number of rotatable bonds is 2. The van der Waals surface area contributed by atoms with Crippen LogP contribution < -0.4 is 0 Å². The van der Waals surface area contributed by atoms with Crippen molar-refractivity contribution in [1.29, 1.82) is 0 Å². The zero-order valence-corrected chi connectivity index (χ0v) is 15.1. The van der Waals surface area contributed by atoms with Crippen molar-refractivity contribution in [2.75, 3.05) is 0 Å². The third-order valence-corrected chi connectivity index (χ3v) is 5.28. The number of ketones is 1. The van der Waals surface area contributed by atoms with Crippen LogP contribution in [0.4, 0.5) is 0 Å². The summed E-state index contributed by atoms with van der Waals surface area (Å²) in [7, 11) is 0. The summed E-state index contributed by atoms with van der Waals surface area (Å²) in [6.07, 6.45) is 8.77. The van der Waals surface area contributed by atoms with Gasteiger partial charge in [0.05, 0.1) is 0 Å². The van der Waals surface area contributed by atoms with Crippen LogP contribution in [0.25, 0.3) is 0 Å². The molecule has 0 bridgehead atoms. The summed E-state index contributed by atoms with van der Waals surface area (Å²) in [5, 5.41) is 19.9. The number of hydrogen-bond acceptors (Lipinski definition) is 5. The van der Waals surface area contributed by atoms with Gasteiger partial charge in [0.25, 0.3) is 0 Å². The third kappa shape index (κ3) is 4.45. The van der Waals surface area contributed by atoms with Gasteiger partial charge in [-0.2, -0.15) is 0 Å². The second-order valence-corrected chi connectivity index (χ2v) is 7.43. The Kier molecular flexibility index (Phi) is 5.64. The number of cyclic esters (lactones) is 1. The van der Waals surface area contributed by atoms with Crippen LogP contribution in [0.3, 0.4) is 0 Å². The number of allylic oxidation sites excluding steroid dienone is 2. The van der Waals surface area contributed by atoms with Crippen LogP contribution in [0.15, 0.2) is 24.3 Å². The molecule has 26 heavy (non-hydrogen) atoms. The molecule has 3 rings (SSSR count). The molecule has 1 aromatic carbocycles. The molecule has 2 N–H and O–H groups in total. The highest BCUT2D eigenvalue weighted by molar-refractivity contribution is 5.98. The Morgan fingerprint density at radius 1 is 1.15 bits per heavy atom. The number of esters is 1. The van der Waals surface area contributed by atoms with Gasteiger partial charge in [-0.25, -0.2) is 4.79 Å². The largest absolute Gasteiger partial charge is 0.508 e. The van der Waals surface area contributed by atoms with Crippen LogP contribution in [0.1, 0.15) is 61.4 Å². The molecular weight excluding hydrogens is 332 g/mol. The zero-order valence-electron chi connectivity index (χ0n) is 15.1. The van der Waals surface area contributed by atoms with Gasteiger partial charge in [0.15, 0.2) is 5.78 Å². The third-order valence-electron chi connectivity index (χ3n) is 5.28. The van der Waals surface area contributed by atoms with Gasteiger partial charge in [-0.05, 0) is 61.6 Å². The molecule has 1 saturated carbocycles. The topological polar surface area (TPSA) is 83.8 Å². The summed E-state index contributed by atoms with van der Waals surface area (Å²) in [6, 6.07) is 2.45. The van der Waals surface area contributed by atoms with Crippen LogP contribution in [0.5, 0.6) is 11.5 Å². The van der Waals surface area contributed by atoms with E-state index < -0.39 is 5.97 Å². The van der Waals surface area contributed by atoms with E-state index in [1.165, 1.54) is 12.1 Å². The van der Waals surface area contributed by atoms with Crippen molar-refractivity contribution >= 4 is 11.8 Å². The van der Waals surface area contributed by atoms with Crippen molar-refractivity contribution in [1.82, 2.24) is 0 Å². The first-order valence-electron chi connectivity index (χ1n) is 9.43. The lowest BCUT2D eigenvalue weighted by atomic mass is 9.99. The molecule has 1 heterocycles. The minimum absolute atomic E-state index is 0.0185. The number of phenols is 2. The molecule has 0 radical (unpaired) electrons. The fourth-order valence-electron chi connectivity index (χ4n) is 3.86. The van der Waals surface area contributed by atoms with Crippen molar-refractivity contribution in [3.63, 3.8) is 0 Å². The second-order valence-electron chi connectivity index (χ2n) is 7.43. The molecule has 3 atom stereocenters. The smallest absolute Gasteiger partial charge is 0.342 e. The lowest BCUT2D eigenvalue weighted by molar-refractivity contribution is -0.114. The van der Waals surface area contributed by atoms with Gasteiger partial charge in [-0.15, -0.1) is 0 Å². The molecule has 0 spiro atoms. The van der Waals surface area contributed by atoms with E-state index in [0.717, 1.165) is 44.6 Å². The molecule has 0 amide bonds. The lowest BCUT2D eigenvalue weighted by Gasteiger charge is -2.19. The number of ether oxygens (including phenoxy) is 1. The van der Waals surface area contributed by atoms with E-state index in [1.807, 2.05) is 6.08 Å². The van der Waals surface area contributed by atoms with Crippen LogP contribution in [-0.4, -0.2) is 28.1 Å². The molecule has 1 aliphatic carbocycles. The number of benzene rings is 1.